The Labute approximate surface area is 71.0 Å². The molecule has 0 saturated carbocycles. The molecule has 0 nitrogen and oxygen atoms in total. The van der Waals surface area contributed by atoms with Crippen molar-refractivity contribution in [3.05, 3.63) is 24.3 Å². The Morgan fingerprint density at radius 2 is 2.00 bits per heavy atom. The summed E-state index contributed by atoms with van der Waals surface area (Å²) >= 11 is 0. The van der Waals surface area contributed by atoms with Crippen LogP contribution in [0.1, 0.15) is 46.0 Å². The fraction of sp³-hybridized carbons (Fsp3) is 0.636. The van der Waals surface area contributed by atoms with E-state index in [9.17, 15) is 0 Å². The van der Waals surface area contributed by atoms with Crippen molar-refractivity contribution in [3.8, 4) is 0 Å². The number of rotatable bonds is 6. The van der Waals surface area contributed by atoms with E-state index in [-0.39, 0.29) is 0 Å². The minimum atomic E-state index is 1.17. The largest absolute Gasteiger partial charge is 0.100 e. The Morgan fingerprint density at radius 1 is 1.27 bits per heavy atom. The lowest BCUT2D eigenvalue weighted by Gasteiger charge is -1.96. The number of hydrogen-bond donors (Lipinski definition) is 0. The summed E-state index contributed by atoms with van der Waals surface area (Å²) in [6, 6.07) is 0. The third-order valence-electron chi connectivity index (χ3n) is 1.63. The normalized spacial score (nSPS) is 10.7. The van der Waals surface area contributed by atoms with E-state index in [1.54, 1.807) is 0 Å². The molecule has 0 heterocycles. The van der Waals surface area contributed by atoms with Crippen molar-refractivity contribution in [2.45, 2.75) is 46.0 Å². The molecule has 0 N–H and O–H groups in total. The summed E-state index contributed by atoms with van der Waals surface area (Å²) in [5.41, 5.74) is 1.31. The highest BCUT2D eigenvalue weighted by atomic mass is 13.9. The fourth-order valence-corrected chi connectivity index (χ4v) is 0.973. The van der Waals surface area contributed by atoms with Crippen LogP contribution >= 0.6 is 0 Å². The highest BCUT2D eigenvalue weighted by Gasteiger charge is 1.86. The number of hydrogen-bond acceptors (Lipinski definition) is 0. The van der Waals surface area contributed by atoms with Gasteiger partial charge in [0.1, 0.15) is 0 Å². The van der Waals surface area contributed by atoms with E-state index >= 15 is 0 Å². The average Bonchev–Trinajstić information content (AvgIpc) is 1.96. The molecule has 0 amide bonds. The summed E-state index contributed by atoms with van der Waals surface area (Å²) in [6.45, 7) is 8.14. The highest BCUT2D eigenvalue weighted by Crippen LogP contribution is 2.06. The van der Waals surface area contributed by atoms with Crippen molar-refractivity contribution in [1.82, 2.24) is 0 Å². The molecular formula is C11H20. The van der Waals surface area contributed by atoms with Gasteiger partial charge in [0.25, 0.3) is 0 Å². The first-order chi connectivity index (χ1) is 5.27. The van der Waals surface area contributed by atoms with Gasteiger partial charge < -0.3 is 0 Å². The molecule has 0 aromatic carbocycles. The molecule has 0 heteroatoms. The standard InChI is InChI=1S/C11H20/c1-4-5-6-7-8-9-10-11(2)3/h5-6H,2,4,7-10H2,1,3H3/b6-5+. The SMILES string of the molecule is C=C(C)CCCC/C=C/CC. The van der Waals surface area contributed by atoms with E-state index in [0.717, 1.165) is 0 Å². The molecule has 0 radical (unpaired) electrons. The van der Waals surface area contributed by atoms with Gasteiger partial charge in [-0.15, -0.1) is 6.58 Å². The van der Waals surface area contributed by atoms with Gasteiger partial charge in [0.2, 0.25) is 0 Å². The van der Waals surface area contributed by atoms with Crippen LogP contribution < -0.4 is 0 Å². The second-order valence-electron chi connectivity index (χ2n) is 3.08. The van der Waals surface area contributed by atoms with Crippen molar-refractivity contribution in [3.63, 3.8) is 0 Å². The van der Waals surface area contributed by atoms with E-state index in [1.807, 2.05) is 0 Å². The predicted octanol–water partition coefficient (Wildman–Crippen LogP) is 4.09. The first-order valence-electron chi connectivity index (χ1n) is 4.56. The van der Waals surface area contributed by atoms with Gasteiger partial charge in [-0.25, -0.2) is 0 Å². The molecule has 64 valence electrons. The van der Waals surface area contributed by atoms with Crippen LogP contribution in [0, 0.1) is 0 Å². The Kier molecular flexibility index (Phi) is 7.23. The minimum absolute atomic E-state index is 1.17. The molecule has 0 saturated heterocycles. The van der Waals surface area contributed by atoms with Crippen molar-refractivity contribution >= 4 is 0 Å². The maximum Gasteiger partial charge on any atom is -0.0326 e. The summed E-state index contributed by atoms with van der Waals surface area (Å²) in [5, 5.41) is 0. The van der Waals surface area contributed by atoms with Crippen LogP contribution in [0.15, 0.2) is 24.3 Å². The zero-order chi connectivity index (χ0) is 8.53. The van der Waals surface area contributed by atoms with Crippen LogP contribution in [-0.2, 0) is 0 Å². The van der Waals surface area contributed by atoms with Gasteiger partial charge in [0, 0.05) is 0 Å². The first-order valence-corrected chi connectivity index (χ1v) is 4.56. The zero-order valence-electron chi connectivity index (χ0n) is 7.90. The van der Waals surface area contributed by atoms with E-state index in [0.29, 0.717) is 0 Å². The summed E-state index contributed by atoms with van der Waals surface area (Å²) in [7, 11) is 0. The van der Waals surface area contributed by atoms with E-state index in [1.165, 1.54) is 37.7 Å². The topological polar surface area (TPSA) is 0 Å². The summed E-state index contributed by atoms with van der Waals surface area (Å²) < 4.78 is 0. The van der Waals surface area contributed by atoms with Crippen molar-refractivity contribution in [2.75, 3.05) is 0 Å². The van der Waals surface area contributed by atoms with E-state index < -0.39 is 0 Å². The Hall–Kier alpha value is -0.520. The van der Waals surface area contributed by atoms with Gasteiger partial charge >= 0.3 is 0 Å². The smallest absolute Gasteiger partial charge is 0.0326 e. The van der Waals surface area contributed by atoms with Crippen LogP contribution in [-0.4, -0.2) is 0 Å². The third-order valence-corrected chi connectivity index (χ3v) is 1.63. The fourth-order valence-electron chi connectivity index (χ4n) is 0.973. The van der Waals surface area contributed by atoms with Crippen molar-refractivity contribution in [1.29, 1.82) is 0 Å². The Morgan fingerprint density at radius 3 is 2.55 bits per heavy atom. The van der Waals surface area contributed by atoms with Crippen LogP contribution in [0.5, 0.6) is 0 Å². The van der Waals surface area contributed by atoms with Gasteiger partial charge in [-0.2, -0.15) is 0 Å². The summed E-state index contributed by atoms with van der Waals surface area (Å²) in [6.07, 6.45) is 10.7. The van der Waals surface area contributed by atoms with Gasteiger partial charge in [0.15, 0.2) is 0 Å². The van der Waals surface area contributed by atoms with Crippen LogP contribution in [0.3, 0.4) is 0 Å². The molecule has 0 aromatic rings. The molecular weight excluding hydrogens is 132 g/mol. The monoisotopic (exact) mass is 152 g/mol. The second kappa shape index (κ2) is 7.59. The summed E-state index contributed by atoms with van der Waals surface area (Å²) in [4.78, 5) is 0. The lowest BCUT2D eigenvalue weighted by Crippen LogP contribution is -1.76. The molecule has 0 atom stereocenters. The molecule has 0 aliphatic carbocycles. The maximum absolute atomic E-state index is 3.87. The van der Waals surface area contributed by atoms with E-state index in [4.69, 9.17) is 0 Å². The average molecular weight is 152 g/mol. The molecule has 0 aliphatic heterocycles. The number of allylic oxidation sites excluding steroid dienone is 3. The number of unbranched alkanes of at least 4 members (excludes halogenated alkanes) is 2. The first kappa shape index (κ1) is 10.5. The molecule has 0 bridgehead atoms. The van der Waals surface area contributed by atoms with E-state index in [2.05, 4.69) is 32.6 Å². The van der Waals surface area contributed by atoms with Gasteiger partial charge in [0.05, 0.1) is 0 Å². The summed E-state index contributed by atoms with van der Waals surface area (Å²) in [5.74, 6) is 0. The van der Waals surface area contributed by atoms with Gasteiger partial charge in [-0.3, -0.25) is 0 Å². The Bertz CT molecular complexity index is 120. The molecule has 0 aromatic heterocycles. The predicted molar refractivity (Wildman–Crippen MR) is 52.7 cm³/mol. The van der Waals surface area contributed by atoms with Crippen LogP contribution in [0.25, 0.3) is 0 Å². The Balaban J connectivity index is 3.02. The second-order valence-corrected chi connectivity index (χ2v) is 3.08. The molecule has 0 unspecified atom stereocenters. The minimum Gasteiger partial charge on any atom is -0.100 e. The van der Waals surface area contributed by atoms with Crippen LogP contribution in [0.2, 0.25) is 0 Å². The van der Waals surface area contributed by atoms with Crippen molar-refractivity contribution < 1.29 is 0 Å². The zero-order valence-corrected chi connectivity index (χ0v) is 7.90. The lowest BCUT2D eigenvalue weighted by molar-refractivity contribution is 0.742. The quantitative estimate of drug-likeness (QED) is 0.397. The van der Waals surface area contributed by atoms with Crippen LogP contribution in [0.4, 0.5) is 0 Å². The highest BCUT2D eigenvalue weighted by molar-refractivity contribution is 4.87. The molecule has 11 heavy (non-hydrogen) atoms. The molecule has 0 rings (SSSR count). The molecule has 0 aliphatic rings. The molecule has 0 spiro atoms. The third kappa shape index (κ3) is 9.48. The molecule has 0 fully saturated rings. The van der Waals surface area contributed by atoms with Crippen molar-refractivity contribution in [2.24, 2.45) is 0 Å². The maximum atomic E-state index is 3.87. The van der Waals surface area contributed by atoms with Gasteiger partial charge in [-0.05, 0) is 39.0 Å². The lowest BCUT2D eigenvalue weighted by atomic mass is 10.1. The van der Waals surface area contributed by atoms with Gasteiger partial charge in [-0.1, -0.05) is 24.6 Å².